The van der Waals surface area contributed by atoms with Gasteiger partial charge in [0, 0.05) is 29.3 Å². The first kappa shape index (κ1) is 20.5. The van der Waals surface area contributed by atoms with E-state index in [1.54, 1.807) is 17.5 Å². The van der Waals surface area contributed by atoms with E-state index in [0.29, 0.717) is 36.7 Å². The molecule has 1 aromatic carbocycles. The second kappa shape index (κ2) is 8.83. The molecule has 0 radical (unpaired) electrons. The summed E-state index contributed by atoms with van der Waals surface area (Å²) in [5, 5.41) is 4.67. The van der Waals surface area contributed by atoms with Gasteiger partial charge in [0.1, 0.15) is 4.21 Å². The Balaban J connectivity index is 1.46. The highest BCUT2D eigenvalue weighted by Crippen LogP contribution is 2.21. The number of thiophene rings is 1. The van der Waals surface area contributed by atoms with Crippen molar-refractivity contribution in [2.75, 3.05) is 25.0 Å². The lowest BCUT2D eigenvalue weighted by atomic mass is 10.1. The van der Waals surface area contributed by atoms with E-state index in [-0.39, 0.29) is 11.9 Å². The Kier molecular flexibility index (Phi) is 6.69. The Labute approximate surface area is 172 Å². The summed E-state index contributed by atoms with van der Waals surface area (Å²) >= 11 is 4.66. The lowest BCUT2D eigenvalue weighted by molar-refractivity contribution is -0.117. The van der Waals surface area contributed by atoms with Gasteiger partial charge in [-0.1, -0.05) is 22.0 Å². The van der Waals surface area contributed by atoms with Crippen molar-refractivity contribution >= 4 is 48.9 Å². The van der Waals surface area contributed by atoms with E-state index in [9.17, 15) is 13.2 Å². The normalized spacial score (nSPS) is 16.4. The van der Waals surface area contributed by atoms with Crippen LogP contribution < -0.4 is 10.0 Å². The van der Waals surface area contributed by atoms with Crippen LogP contribution in [0.5, 0.6) is 0 Å². The van der Waals surface area contributed by atoms with Crippen molar-refractivity contribution in [1.29, 1.82) is 0 Å². The van der Waals surface area contributed by atoms with Crippen LogP contribution in [0.3, 0.4) is 0 Å². The number of halogens is 1. The van der Waals surface area contributed by atoms with Crippen molar-refractivity contribution in [2.45, 2.75) is 30.0 Å². The Hall–Kier alpha value is -1.26. The van der Waals surface area contributed by atoms with Crippen molar-refractivity contribution in [1.82, 2.24) is 9.62 Å². The number of aryl methyl sites for hydroxylation is 1. The van der Waals surface area contributed by atoms with Crippen LogP contribution in [0.1, 0.15) is 18.4 Å². The lowest BCUT2D eigenvalue weighted by Gasteiger charge is -2.31. The van der Waals surface area contributed by atoms with Crippen molar-refractivity contribution in [3.63, 3.8) is 0 Å². The molecule has 2 N–H and O–H groups in total. The Bertz CT molecular complexity index is 893. The summed E-state index contributed by atoms with van der Waals surface area (Å²) in [6.07, 6.45) is 1.38. The third-order valence-corrected chi connectivity index (χ3v) is 8.29. The minimum absolute atomic E-state index is 0.0608. The largest absolute Gasteiger partial charge is 0.325 e. The van der Waals surface area contributed by atoms with Gasteiger partial charge in [-0.3, -0.25) is 9.69 Å². The maximum Gasteiger partial charge on any atom is 0.250 e. The fraction of sp³-hybridized carbons (Fsp3) is 0.389. The summed E-state index contributed by atoms with van der Waals surface area (Å²) in [5.74, 6) is -0.0608. The number of carbonyl (C=O) groups excluding carboxylic acids is 1. The van der Waals surface area contributed by atoms with E-state index in [0.717, 1.165) is 15.7 Å². The number of nitrogens with zero attached hydrogens (tertiary/aromatic N) is 1. The zero-order valence-electron chi connectivity index (χ0n) is 14.9. The second-order valence-electron chi connectivity index (χ2n) is 6.62. The molecule has 1 saturated heterocycles. The molecule has 1 aromatic heterocycles. The van der Waals surface area contributed by atoms with Crippen molar-refractivity contribution in [3.8, 4) is 0 Å². The molecule has 6 nitrogen and oxygen atoms in total. The van der Waals surface area contributed by atoms with Crippen LogP contribution in [-0.2, 0) is 14.8 Å². The molecule has 2 aromatic rings. The average molecular weight is 472 g/mol. The van der Waals surface area contributed by atoms with Gasteiger partial charge >= 0.3 is 0 Å². The molecule has 0 unspecified atom stereocenters. The molecule has 0 saturated carbocycles. The van der Waals surface area contributed by atoms with Gasteiger partial charge in [0.25, 0.3) is 0 Å². The number of benzene rings is 1. The smallest absolute Gasteiger partial charge is 0.250 e. The van der Waals surface area contributed by atoms with Crippen molar-refractivity contribution in [3.05, 3.63) is 45.7 Å². The number of hydrogen-bond acceptors (Lipinski definition) is 5. The summed E-state index contributed by atoms with van der Waals surface area (Å²) in [6, 6.07) is 8.94. The number of nitrogens with one attached hydrogen (secondary N) is 2. The summed E-state index contributed by atoms with van der Waals surface area (Å²) in [6.45, 7) is 3.65. The van der Waals surface area contributed by atoms with E-state index < -0.39 is 10.0 Å². The van der Waals surface area contributed by atoms with Crippen LogP contribution in [0.4, 0.5) is 5.69 Å². The van der Waals surface area contributed by atoms with Gasteiger partial charge in [-0.2, -0.15) is 0 Å². The number of anilines is 1. The number of sulfonamides is 1. The van der Waals surface area contributed by atoms with Crippen LogP contribution in [0.15, 0.2) is 44.4 Å². The van der Waals surface area contributed by atoms with Crippen LogP contribution >= 0.6 is 27.3 Å². The highest BCUT2D eigenvalue weighted by Gasteiger charge is 2.25. The molecule has 0 atom stereocenters. The highest BCUT2D eigenvalue weighted by atomic mass is 79.9. The van der Waals surface area contributed by atoms with Gasteiger partial charge in [-0.25, -0.2) is 13.1 Å². The quantitative estimate of drug-likeness (QED) is 0.677. The maximum absolute atomic E-state index is 12.3. The highest BCUT2D eigenvalue weighted by molar-refractivity contribution is 9.10. The number of piperidine rings is 1. The number of likely N-dealkylation sites (tertiary alicyclic amines) is 1. The molecule has 146 valence electrons. The zero-order valence-corrected chi connectivity index (χ0v) is 18.2. The molecule has 0 spiro atoms. The van der Waals surface area contributed by atoms with Crippen LogP contribution in [-0.4, -0.2) is 44.9 Å². The number of carbonyl (C=O) groups is 1. The fourth-order valence-corrected chi connectivity index (χ4v) is 5.59. The molecule has 1 amide bonds. The molecule has 1 aliphatic heterocycles. The first-order valence-corrected chi connectivity index (χ1v) is 11.8. The summed E-state index contributed by atoms with van der Waals surface area (Å²) < 4.78 is 28.7. The molecule has 0 aliphatic carbocycles. The summed E-state index contributed by atoms with van der Waals surface area (Å²) in [4.78, 5) is 14.3. The van der Waals surface area contributed by atoms with Gasteiger partial charge < -0.3 is 5.32 Å². The van der Waals surface area contributed by atoms with Crippen LogP contribution in [0.25, 0.3) is 0 Å². The maximum atomic E-state index is 12.3. The van der Waals surface area contributed by atoms with Crippen LogP contribution in [0, 0.1) is 6.92 Å². The first-order chi connectivity index (χ1) is 12.8. The van der Waals surface area contributed by atoms with Gasteiger partial charge in [0.15, 0.2) is 0 Å². The number of hydrogen-bond donors (Lipinski definition) is 2. The molecule has 9 heteroatoms. The van der Waals surface area contributed by atoms with E-state index in [1.807, 2.05) is 25.1 Å². The summed E-state index contributed by atoms with van der Waals surface area (Å²) in [5.41, 5.74) is 1.84. The molecular weight excluding hydrogens is 450 g/mol. The topological polar surface area (TPSA) is 78.5 Å². The molecule has 27 heavy (non-hydrogen) atoms. The Morgan fingerprint density at radius 1 is 1.30 bits per heavy atom. The summed E-state index contributed by atoms with van der Waals surface area (Å²) in [7, 11) is -3.44. The predicted octanol–water partition coefficient (Wildman–Crippen LogP) is 3.20. The molecule has 0 bridgehead atoms. The minimum atomic E-state index is -3.44. The third-order valence-electron chi connectivity index (χ3n) is 4.48. The molecular formula is C18H22BrN3O3S2. The van der Waals surface area contributed by atoms with E-state index in [1.165, 1.54) is 11.3 Å². The van der Waals surface area contributed by atoms with Crippen molar-refractivity contribution in [2.24, 2.45) is 0 Å². The first-order valence-electron chi connectivity index (χ1n) is 8.68. The fourth-order valence-electron chi connectivity index (χ4n) is 3.03. The van der Waals surface area contributed by atoms with Gasteiger partial charge in [0.05, 0.1) is 6.54 Å². The van der Waals surface area contributed by atoms with Crippen molar-refractivity contribution < 1.29 is 13.2 Å². The lowest BCUT2D eigenvalue weighted by Crippen LogP contribution is -2.46. The van der Waals surface area contributed by atoms with E-state index in [2.05, 4.69) is 30.9 Å². The predicted molar refractivity (Wildman–Crippen MR) is 112 cm³/mol. The van der Waals surface area contributed by atoms with Gasteiger partial charge in [-0.05, 0) is 55.0 Å². The Morgan fingerprint density at radius 3 is 2.67 bits per heavy atom. The molecule has 1 fully saturated rings. The molecule has 3 rings (SSSR count). The monoisotopic (exact) mass is 471 g/mol. The Morgan fingerprint density at radius 2 is 2.04 bits per heavy atom. The van der Waals surface area contributed by atoms with Crippen LogP contribution in [0.2, 0.25) is 0 Å². The van der Waals surface area contributed by atoms with E-state index >= 15 is 0 Å². The number of amides is 1. The average Bonchev–Trinajstić information content (AvgIpc) is 3.15. The van der Waals surface area contributed by atoms with Gasteiger partial charge in [0.2, 0.25) is 15.9 Å². The second-order valence-corrected chi connectivity index (χ2v) is 10.4. The minimum Gasteiger partial charge on any atom is -0.325 e. The third kappa shape index (κ3) is 5.61. The van der Waals surface area contributed by atoms with Gasteiger partial charge in [-0.15, -0.1) is 11.3 Å². The van der Waals surface area contributed by atoms with E-state index in [4.69, 9.17) is 0 Å². The molecule has 2 heterocycles. The standard InChI is InChI=1S/C18H22BrN3O3S2/c1-13-11-15(4-5-16(13)19)20-17(23)12-22-8-6-14(7-9-22)21-27(24,25)18-3-2-10-26-18/h2-5,10-11,14,21H,6-9,12H2,1H3,(H,20,23). The SMILES string of the molecule is Cc1cc(NC(=O)CN2CCC(NS(=O)(=O)c3cccs3)CC2)ccc1Br. The number of rotatable bonds is 6. The zero-order chi connectivity index (χ0) is 19.4. The molecule has 1 aliphatic rings.